The number of amides is 1. The third-order valence-corrected chi connectivity index (χ3v) is 2.35. The fourth-order valence-electron chi connectivity index (χ4n) is 1.64. The molecule has 0 aromatic carbocycles. The molecule has 1 aliphatic heterocycles. The Labute approximate surface area is 74.2 Å². The maximum absolute atomic E-state index is 11.2. The lowest BCUT2D eigenvalue weighted by atomic mass is 9.93. The predicted molar refractivity (Wildman–Crippen MR) is 49.8 cm³/mol. The van der Waals surface area contributed by atoms with Gasteiger partial charge in [-0.3, -0.25) is 4.79 Å². The van der Waals surface area contributed by atoms with E-state index >= 15 is 0 Å². The first kappa shape index (κ1) is 9.30. The number of likely N-dealkylation sites (tertiary alicyclic amines) is 1. The van der Waals surface area contributed by atoms with E-state index in [1.165, 1.54) is 6.08 Å². The molecule has 1 rings (SSSR count). The van der Waals surface area contributed by atoms with Gasteiger partial charge in [0.1, 0.15) is 0 Å². The first-order chi connectivity index (χ1) is 5.65. The van der Waals surface area contributed by atoms with Crippen LogP contribution in [0.1, 0.15) is 26.7 Å². The van der Waals surface area contributed by atoms with E-state index < -0.39 is 0 Å². The molecule has 0 aromatic heterocycles. The highest BCUT2D eigenvalue weighted by Crippen LogP contribution is 2.23. The van der Waals surface area contributed by atoms with Gasteiger partial charge in [-0.2, -0.15) is 0 Å². The van der Waals surface area contributed by atoms with E-state index in [2.05, 4.69) is 20.4 Å². The Kier molecular flexibility index (Phi) is 2.90. The average molecular weight is 167 g/mol. The summed E-state index contributed by atoms with van der Waals surface area (Å²) in [6.07, 6.45) is 3.70. The number of carbonyl (C=O) groups is 1. The van der Waals surface area contributed by atoms with Gasteiger partial charge in [-0.1, -0.05) is 20.4 Å². The third-order valence-electron chi connectivity index (χ3n) is 2.35. The standard InChI is InChI=1S/C10H17NO/c1-4-10(12)11-6-5-9(11)7-8(2)3/h4,8-9H,1,5-7H2,2-3H3/t9-/m1/s1. The molecule has 12 heavy (non-hydrogen) atoms. The van der Waals surface area contributed by atoms with Crippen molar-refractivity contribution in [2.75, 3.05) is 6.54 Å². The molecule has 68 valence electrons. The Balaban J connectivity index is 2.38. The smallest absolute Gasteiger partial charge is 0.246 e. The normalized spacial score (nSPS) is 22.2. The van der Waals surface area contributed by atoms with E-state index in [-0.39, 0.29) is 5.91 Å². The molecule has 0 aromatic rings. The molecule has 2 nitrogen and oxygen atoms in total. The zero-order valence-electron chi connectivity index (χ0n) is 7.92. The van der Waals surface area contributed by atoms with E-state index in [9.17, 15) is 4.79 Å². The van der Waals surface area contributed by atoms with Gasteiger partial charge >= 0.3 is 0 Å². The molecular formula is C10H17NO. The highest BCUT2D eigenvalue weighted by Gasteiger charge is 2.30. The molecule has 1 aliphatic rings. The quantitative estimate of drug-likeness (QED) is 0.587. The Morgan fingerprint density at radius 1 is 1.75 bits per heavy atom. The van der Waals surface area contributed by atoms with Gasteiger partial charge in [-0.25, -0.2) is 0 Å². The number of rotatable bonds is 3. The Morgan fingerprint density at radius 2 is 2.42 bits per heavy atom. The molecular weight excluding hydrogens is 150 g/mol. The molecule has 0 saturated carbocycles. The molecule has 0 unspecified atom stereocenters. The van der Waals surface area contributed by atoms with Gasteiger partial charge in [0.25, 0.3) is 0 Å². The summed E-state index contributed by atoms with van der Waals surface area (Å²) in [6, 6.07) is 0.482. The predicted octanol–water partition coefficient (Wildman–Crippen LogP) is 1.82. The fourth-order valence-corrected chi connectivity index (χ4v) is 1.64. The van der Waals surface area contributed by atoms with E-state index in [1.54, 1.807) is 0 Å². The summed E-state index contributed by atoms with van der Waals surface area (Å²) in [4.78, 5) is 13.1. The van der Waals surface area contributed by atoms with Crippen LogP contribution in [0.4, 0.5) is 0 Å². The number of nitrogens with zero attached hydrogens (tertiary/aromatic N) is 1. The third kappa shape index (κ3) is 1.87. The second-order valence-electron chi connectivity index (χ2n) is 3.81. The maximum atomic E-state index is 11.2. The van der Waals surface area contributed by atoms with Gasteiger partial charge in [0.05, 0.1) is 0 Å². The van der Waals surface area contributed by atoms with Crippen molar-refractivity contribution in [1.29, 1.82) is 0 Å². The molecule has 1 fully saturated rings. The molecule has 0 radical (unpaired) electrons. The lowest BCUT2D eigenvalue weighted by Crippen LogP contribution is -2.50. The van der Waals surface area contributed by atoms with Crippen molar-refractivity contribution in [3.05, 3.63) is 12.7 Å². The number of carbonyl (C=O) groups excluding carboxylic acids is 1. The highest BCUT2D eigenvalue weighted by molar-refractivity contribution is 5.87. The van der Waals surface area contributed by atoms with Gasteiger partial charge in [0.2, 0.25) is 5.91 Å². The summed E-state index contributed by atoms with van der Waals surface area (Å²) in [5.41, 5.74) is 0. The minimum atomic E-state index is 0.0897. The SMILES string of the molecule is C=CC(=O)N1CC[C@@H]1CC(C)C. The Hall–Kier alpha value is -0.790. The molecule has 0 bridgehead atoms. The van der Waals surface area contributed by atoms with Crippen LogP contribution in [0.5, 0.6) is 0 Å². The lowest BCUT2D eigenvalue weighted by molar-refractivity contribution is -0.133. The van der Waals surface area contributed by atoms with Crippen molar-refractivity contribution >= 4 is 5.91 Å². The summed E-state index contributed by atoms with van der Waals surface area (Å²) >= 11 is 0. The summed E-state index contributed by atoms with van der Waals surface area (Å²) in [5.74, 6) is 0.766. The second-order valence-corrected chi connectivity index (χ2v) is 3.81. The van der Waals surface area contributed by atoms with Crippen LogP contribution in [-0.4, -0.2) is 23.4 Å². The fraction of sp³-hybridized carbons (Fsp3) is 0.700. The topological polar surface area (TPSA) is 20.3 Å². The van der Waals surface area contributed by atoms with Gasteiger partial charge in [0.15, 0.2) is 0 Å². The van der Waals surface area contributed by atoms with Crippen molar-refractivity contribution in [3.8, 4) is 0 Å². The summed E-state index contributed by atoms with van der Waals surface area (Å²) in [7, 11) is 0. The van der Waals surface area contributed by atoms with Crippen molar-refractivity contribution in [2.45, 2.75) is 32.7 Å². The van der Waals surface area contributed by atoms with Gasteiger partial charge in [0, 0.05) is 12.6 Å². The zero-order chi connectivity index (χ0) is 9.14. The zero-order valence-corrected chi connectivity index (χ0v) is 7.92. The summed E-state index contributed by atoms with van der Waals surface area (Å²) in [6.45, 7) is 8.78. The van der Waals surface area contributed by atoms with Crippen LogP contribution in [0, 0.1) is 5.92 Å². The largest absolute Gasteiger partial charge is 0.336 e. The molecule has 0 aliphatic carbocycles. The first-order valence-electron chi connectivity index (χ1n) is 4.58. The molecule has 0 N–H and O–H groups in total. The summed E-state index contributed by atoms with van der Waals surface area (Å²) in [5, 5.41) is 0. The van der Waals surface area contributed by atoms with E-state index in [0.717, 1.165) is 19.4 Å². The first-order valence-corrected chi connectivity index (χ1v) is 4.58. The average Bonchev–Trinajstić information content (AvgIpc) is 1.98. The van der Waals surface area contributed by atoms with E-state index in [4.69, 9.17) is 0 Å². The molecule has 1 amide bonds. The van der Waals surface area contributed by atoms with Gasteiger partial charge in [-0.05, 0) is 24.8 Å². The Bertz CT molecular complexity index is 186. The van der Waals surface area contributed by atoms with E-state index in [1.807, 2.05) is 4.90 Å². The number of hydrogen-bond acceptors (Lipinski definition) is 1. The minimum Gasteiger partial charge on any atom is -0.336 e. The van der Waals surface area contributed by atoms with Crippen LogP contribution < -0.4 is 0 Å². The monoisotopic (exact) mass is 167 g/mol. The van der Waals surface area contributed by atoms with Crippen molar-refractivity contribution < 1.29 is 4.79 Å². The van der Waals surface area contributed by atoms with Crippen LogP contribution in [0.3, 0.4) is 0 Å². The van der Waals surface area contributed by atoms with Crippen LogP contribution in [0.25, 0.3) is 0 Å². The van der Waals surface area contributed by atoms with E-state index in [0.29, 0.717) is 12.0 Å². The van der Waals surface area contributed by atoms with Crippen LogP contribution in [0.15, 0.2) is 12.7 Å². The molecule has 1 saturated heterocycles. The summed E-state index contributed by atoms with van der Waals surface area (Å²) < 4.78 is 0. The number of hydrogen-bond donors (Lipinski definition) is 0. The van der Waals surface area contributed by atoms with Crippen LogP contribution in [-0.2, 0) is 4.79 Å². The minimum absolute atomic E-state index is 0.0897. The molecule has 1 heterocycles. The van der Waals surface area contributed by atoms with Crippen LogP contribution >= 0.6 is 0 Å². The maximum Gasteiger partial charge on any atom is 0.246 e. The van der Waals surface area contributed by atoms with Crippen molar-refractivity contribution in [1.82, 2.24) is 4.90 Å². The van der Waals surface area contributed by atoms with Crippen molar-refractivity contribution in [2.24, 2.45) is 5.92 Å². The second kappa shape index (κ2) is 3.74. The lowest BCUT2D eigenvalue weighted by Gasteiger charge is -2.41. The van der Waals surface area contributed by atoms with Gasteiger partial charge in [-0.15, -0.1) is 0 Å². The highest BCUT2D eigenvalue weighted by atomic mass is 16.2. The van der Waals surface area contributed by atoms with Crippen molar-refractivity contribution in [3.63, 3.8) is 0 Å². The van der Waals surface area contributed by atoms with Crippen LogP contribution in [0.2, 0.25) is 0 Å². The molecule has 2 heteroatoms. The van der Waals surface area contributed by atoms with Gasteiger partial charge < -0.3 is 4.90 Å². The molecule has 0 spiro atoms. The Morgan fingerprint density at radius 3 is 2.75 bits per heavy atom. The molecule has 1 atom stereocenters.